The van der Waals surface area contributed by atoms with Gasteiger partial charge in [-0.3, -0.25) is 9.59 Å². The van der Waals surface area contributed by atoms with Gasteiger partial charge in [-0.2, -0.15) is 0 Å². The van der Waals surface area contributed by atoms with Gasteiger partial charge in [0.15, 0.2) is 0 Å². The van der Waals surface area contributed by atoms with Gasteiger partial charge < -0.3 is 14.8 Å². The molecule has 4 rings (SSSR count). The highest BCUT2D eigenvalue weighted by Crippen LogP contribution is 2.38. The molecule has 0 aliphatic carbocycles. The second-order valence-electron chi connectivity index (χ2n) is 7.35. The maximum atomic E-state index is 13.6. The molecular formula is C25H20ClFN2O4. The number of nitrogens with one attached hydrogen (secondary N) is 1. The quantitative estimate of drug-likeness (QED) is 0.506. The fourth-order valence-electron chi connectivity index (χ4n) is 3.61. The Labute approximate surface area is 195 Å². The number of methoxy groups -OCH3 is 2. The highest BCUT2D eigenvalue weighted by molar-refractivity contribution is 6.46. The van der Waals surface area contributed by atoms with E-state index in [0.29, 0.717) is 22.7 Å². The monoisotopic (exact) mass is 466 g/mol. The van der Waals surface area contributed by atoms with Crippen LogP contribution >= 0.6 is 11.6 Å². The number of benzene rings is 3. The van der Waals surface area contributed by atoms with Gasteiger partial charge >= 0.3 is 0 Å². The number of imide groups is 1. The summed E-state index contributed by atoms with van der Waals surface area (Å²) < 4.78 is 24.1. The van der Waals surface area contributed by atoms with Crippen LogP contribution < -0.4 is 19.7 Å². The van der Waals surface area contributed by atoms with Crippen molar-refractivity contribution >= 4 is 40.4 Å². The molecule has 0 bridgehead atoms. The first-order valence-electron chi connectivity index (χ1n) is 9.98. The fourth-order valence-corrected chi connectivity index (χ4v) is 3.87. The van der Waals surface area contributed by atoms with Gasteiger partial charge in [0, 0.05) is 0 Å². The zero-order chi connectivity index (χ0) is 23.7. The van der Waals surface area contributed by atoms with Crippen molar-refractivity contribution in [2.45, 2.75) is 6.92 Å². The van der Waals surface area contributed by atoms with Gasteiger partial charge in [-0.25, -0.2) is 9.29 Å². The van der Waals surface area contributed by atoms with Crippen molar-refractivity contribution in [1.82, 2.24) is 0 Å². The predicted octanol–water partition coefficient (Wildman–Crippen LogP) is 5.20. The first-order valence-corrected chi connectivity index (χ1v) is 10.4. The lowest BCUT2D eigenvalue weighted by Crippen LogP contribution is -2.32. The van der Waals surface area contributed by atoms with Crippen molar-refractivity contribution in [3.05, 3.63) is 88.3 Å². The third kappa shape index (κ3) is 4.15. The van der Waals surface area contributed by atoms with Gasteiger partial charge in [-0.15, -0.1) is 0 Å². The largest absolute Gasteiger partial charge is 0.495 e. The molecule has 0 saturated heterocycles. The molecule has 0 aromatic heterocycles. The van der Waals surface area contributed by atoms with Crippen molar-refractivity contribution in [1.29, 1.82) is 0 Å². The summed E-state index contributed by atoms with van der Waals surface area (Å²) in [4.78, 5) is 28.0. The molecule has 3 aromatic rings. The summed E-state index contributed by atoms with van der Waals surface area (Å²) in [7, 11) is 2.98. The molecule has 1 aliphatic rings. The average molecular weight is 467 g/mol. The number of carbonyl (C=O) groups excluding carboxylic acids is 2. The molecule has 1 N–H and O–H groups in total. The topological polar surface area (TPSA) is 67.9 Å². The van der Waals surface area contributed by atoms with Crippen LogP contribution in [-0.4, -0.2) is 26.0 Å². The van der Waals surface area contributed by atoms with E-state index in [1.54, 1.807) is 24.3 Å². The summed E-state index contributed by atoms with van der Waals surface area (Å²) in [6, 6.07) is 15.4. The van der Waals surface area contributed by atoms with Gasteiger partial charge in [0.1, 0.15) is 23.0 Å². The molecule has 6 nitrogen and oxygen atoms in total. The number of halogens is 2. The molecule has 0 radical (unpaired) electrons. The van der Waals surface area contributed by atoms with Crippen LogP contribution in [0.5, 0.6) is 11.5 Å². The third-order valence-electron chi connectivity index (χ3n) is 5.23. The van der Waals surface area contributed by atoms with E-state index < -0.39 is 17.6 Å². The molecule has 0 fully saturated rings. The second-order valence-corrected chi connectivity index (χ2v) is 7.76. The van der Waals surface area contributed by atoms with Crippen LogP contribution in [0.15, 0.2) is 66.4 Å². The molecule has 168 valence electrons. The molecule has 2 amide bonds. The molecule has 8 heteroatoms. The van der Waals surface area contributed by atoms with Crippen LogP contribution in [0.4, 0.5) is 15.8 Å². The first-order chi connectivity index (χ1) is 15.8. The van der Waals surface area contributed by atoms with Crippen molar-refractivity contribution < 1.29 is 23.5 Å². The van der Waals surface area contributed by atoms with Crippen LogP contribution in [0.25, 0.3) is 5.57 Å². The molecule has 3 aromatic carbocycles. The smallest absolute Gasteiger partial charge is 0.282 e. The summed E-state index contributed by atoms with van der Waals surface area (Å²) in [6.07, 6.45) is 0. The summed E-state index contributed by atoms with van der Waals surface area (Å²) in [6.45, 7) is 1.90. The van der Waals surface area contributed by atoms with Gasteiger partial charge in [0.2, 0.25) is 0 Å². The Balaban J connectivity index is 1.84. The first kappa shape index (κ1) is 22.4. The minimum Gasteiger partial charge on any atom is -0.495 e. The summed E-state index contributed by atoms with van der Waals surface area (Å²) in [5, 5.41) is 3.32. The lowest BCUT2D eigenvalue weighted by Gasteiger charge is -2.17. The lowest BCUT2D eigenvalue weighted by molar-refractivity contribution is -0.120. The molecule has 0 atom stereocenters. The number of ether oxygens (including phenoxy) is 2. The highest BCUT2D eigenvalue weighted by Gasteiger charge is 2.40. The summed E-state index contributed by atoms with van der Waals surface area (Å²) in [5.74, 6) is -0.692. The lowest BCUT2D eigenvalue weighted by atomic mass is 10.0. The zero-order valence-electron chi connectivity index (χ0n) is 18.1. The van der Waals surface area contributed by atoms with Crippen molar-refractivity contribution in [2.75, 3.05) is 24.4 Å². The van der Waals surface area contributed by atoms with Crippen molar-refractivity contribution in [3.63, 3.8) is 0 Å². The summed E-state index contributed by atoms with van der Waals surface area (Å²) >= 11 is 6.24. The van der Waals surface area contributed by atoms with E-state index in [0.717, 1.165) is 10.5 Å². The molecule has 0 spiro atoms. The average Bonchev–Trinajstić information content (AvgIpc) is 3.04. The SMILES string of the molecule is COc1ccc(N2C(=O)C(Nc3cc(C)ccc3OC)=C(c3ccc(F)cc3)C2=O)cc1Cl. The Hall–Kier alpha value is -3.84. The van der Waals surface area contributed by atoms with Crippen LogP contribution in [0.2, 0.25) is 5.02 Å². The van der Waals surface area contributed by atoms with E-state index in [2.05, 4.69) is 5.32 Å². The van der Waals surface area contributed by atoms with Crippen molar-refractivity contribution in [2.24, 2.45) is 0 Å². The number of amides is 2. The number of aryl methyl sites for hydroxylation is 1. The van der Waals surface area contributed by atoms with E-state index in [-0.39, 0.29) is 22.0 Å². The van der Waals surface area contributed by atoms with Gasteiger partial charge in [0.05, 0.1) is 36.2 Å². The summed E-state index contributed by atoms with van der Waals surface area (Å²) in [5.41, 5.74) is 2.27. The number of hydrogen-bond acceptors (Lipinski definition) is 5. The minimum absolute atomic E-state index is 0.0439. The van der Waals surface area contributed by atoms with Gasteiger partial charge in [0.25, 0.3) is 11.8 Å². The number of hydrogen-bond donors (Lipinski definition) is 1. The van der Waals surface area contributed by atoms with E-state index >= 15 is 0 Å². The molecule has 33 heavy (non-hydrogen) atoms. The van der Waals surface area contributed by atoms with Gasteiger partial charge in [-0.05, 0) is 60.5 Å². The van der Waals surface area contributed by atoms with E-state index in [1.165, 1.54) is 44.6 Å². The minimum atomic E-state index is -0.580. The predicted molar refractivity (Wildman–Crippen MR) is 125 cm³/mol. The standard InChI is InChI=1S/C25H20ClFN2O4/c1-14-4-10-21(33-3)19(12-14)28-23-22(15-5-7-16(27)8-6-15)24(30)29(25(23)31)17-9-11-20(32-2)18(26)13-17/h4-13,28H,1-3H3. The Bertz CT molecular complexity index is 1290. The van der Waals surface area contributed by atoms with Crippen LogP contribution in [0.3, 0.4) is 0 Å². The Morgan fingerprint density at radius 1 is 0.879 bits per heavy atom. The Morgan fingerprint density at radius 2 is 1.55 bits per heavy atom. The number of rotatable bonds is 6. The zero-order valence-corrected chi connectivity index (χ0v) is 18.9. The Kier molecular flexibility index (Phi) is 6.07. The van der Waals surface area contributed by atoms with Crippen LogP contribution in [0, 0.1) is 12.7 Å². The third-order valence-corrected chi connectivity index (χ3v) is 5.52. The Morgan fingerprint density at radius 3 is 2.18 bits per heavy atom. The molecule has 0 unspecified atom stereocenters. The van der Waals surface area contributed by atoms with Crippen LogP contribution in [0.1, 0.15) is 11.1 Å². The van der Waals surface area contributed by atoms with Crippen molar-refractivity contribution in [3.8, 4) is 11.5 Å². The van der Waals surface area contributed by atoms with E-state index in [1.807, 2.05) is 13.0 Å². The highest BCUT2D eigenvalue weighted by atomic mass is 35.5. The van der Waals surface area contributed by atoms with E-state index in [4.69, 9.17) is 21.1 Å². The second kappa shape index (κ2) is 8.96. The maximum Gasteiger partial charge on any atom is 0.282 e. The van der Waals surface area contributed by atoms with Crippen LogP contribution in [-0.2, 0) is 9.59 Å². The molecular weight excluding hydrogens is 447 g/mol. The fraction of sp³-hybridized carbons (Fsp3) is 0.120. The number of nitrogens with zero attached hydrogens (tertiary/aromatic N) is 1. The molecule has 0 saturated carbocycles. The maximum absolute atomic E-state index is 13.6. The molecule has 1 heterocycles. The number of carbonyl (C=O) groups is 2. The normalized spacial score (nSPS) is 13.5. The molecule has 1 aliphatic heterocycles. The van der Waals surface area contributed by atoms with Gasteiger partial charge in [-0.1, -0.05) is 29.8 Å². The number of anilines is 2. The van der Waals surface area contributed by atoms with E-state index in [9.17, 15) is 14.0 Å².